The van der Waals surface area contributed by atoms with Gasteiger partial charge >= 0.3 is 5.97 Å². The van der Waals surface area contributed by atoms with Gasteiger partial charge in [-0.25, -0.2) is 0 Å². The van der Waals surface area contributed by atoms with Crippen molar-refractivity contribution >= 4 is 17.7 Å². The van der Waals surface area contributed by atoms with Crippen LogP contribution in [0.3, 0.4) is 0 Å². The van der Waals surface area contributed by atoms with E-state index in [2.05, 4.69) is 0 Å². The van der Waals surface area contributed by atoms with Gasteiger partial charge in [-0.15, -0.1) is 0 Å². The lowest BCUT2D eigenvalue weighted by molar-refractivity contribution is -0.143. The first-order valence-electron chi connectivity index (χ1n) is 3.72. The maximum atomic E-state index is 11.0. The second-order valence-corrected chi connectivity index (χ2v) is 4.46. The van der Waals surface area contributed by atoms with E-state index in [1.165, 1.54) is 0 Å². The van der Waals surface area contributed by atoms with Crippen LogP contribution in [0.1, 0.15) is 27.2 Å². The third-order valence-electron chi connectivity index (χ3n) is 1.43. The molecule has 0 atom stereocenters. The highest BCUT2D eigenvalue weighted by Gasteiger charge is 2.20. The summed E-state index contributed by atoms with van der Waals surface area (Å²) < 4.78 is 4.83. The van der Waals surface area contributed by atoms with Crippen molar-refractivity contribution in [2.45, 2.75) is 31.9 Å². The highest BCUT2D eigenvalue weighted by molar-refractivity contribution is 7.99. The Hall–Kier alpha value is -0.180. The summed E-state index contributed by atoms with van der Waals surface area (Å²) in [6, 6.07) is 0. The highest BCUT2D eigenvalue weighted by atomic mass is 32.2. The Kier molecular flexibility index (Phi) is 4.57. The first-order valence-corrected chi connectivity index (χ1v) is 4.95. The molecular formula is C8H16O2S. The van der Waals surface area contributed by atoms with E-state index in [-0.39, 0.29) is 10.7 Å². The van der Waals surface area contributed by atoms with E-state index in [4.69, 9.17) is 4.74 Å². The third kappa shape index (κ3) is 5.13. The highest BCUT2D eigenvalue weighted by Crippen LogP contribution is 2.25. The first-order chi connectivity index (χ1) is 5.02. The van der Waals surface area contributed by atoms with Gasteiger partial charge in [-0.1, -0.05) is 13.8 Å². The van der Waals surface area contributed by atoms with Gasteiger partial charge in [0.1, 0.15) is 0 Å². The van der Waals surface area contributed by atoms with Gasteiger partial charge in [-0.3, -0.25) is 4.79 Å². The van der Waals surface area contributed by atoms with E-state index in [9.17, 15) is 4.79 Å². The Morgan fingerprint density at radius 2 is 2.09 bits per heavy atom. The van der Waals surface area contributed by atoms with Crippen molar-refractivity contribution in [1.29, 1.82) is 0 Å². The smallest absolute Gasteiger partial charge is 0.307 e. The molecule has 0 amide bonds. The second kappa shape index (κ2) is 4.65. The van der Waals surface area contributed by atoms with Crippen molar-refractivity contribution in [1.82, 2.24) is 0 Å². The zero-order valence-electron chi connectivity index (χ0n) is 7.64. The van der Waals surface area contributed by atoms with Gasteiger partial charge < -0.3 is 4.74 Å². The summed E-state index contributed by atoms with van der Waals surface area (Å²) in [5.41, 5.74) is 0. The molecule has 0 radical (unpaired) electrons. The molecule has 0 aromatic rings. The Balaban J connectivity index is 3.74. The average molecular weight is 176 g/mol. The molecule has 0 unspecified atom stereocenters. The molecule has 0 saturated heterocycles. The molecule has 0 bridgehead atoms. The summed E-state index contributed by atoms with van der Waals surface area (Å²) in [6.45, 7) is 6.37. The second-order valence-electron chi connectivity index (χ2n) is 2.95. The van der Waals surface area contributed by atoms with Crippen molar-refractivity contribution in [3.63, 3.8) is 0 Å². The lowest BCUT2D eigenvalue weighted by Crippen LogP contribution is -2.21. The van der Waals surface area contributed by atoms with Crippen LogP contribution in [0.5, 0.6) is 0 Å². The van der Waals surface area contributed by atoms with Crippen LogP contribution in [0.25, 0.3) is 0 Å². The summed E-state index contributed by atoms with van der Waals surface area (Å²) >= 11 is 1.68. The molecule has 66 valence electrons. The molecule has 0 saturated carbocycles. The fraction of sp³-hybridized carbons (Fsp3) is 0.875. The van der Waals surface area contributed by atoms with E-state index in [1.807, 2.05) is 27.0 Å². The summed E-state index contributed by atoms with van der Waals surface area (Å²) in [6.07, 6.45) is 2.49. The molecule has 0 spiro atoms. The standard InChI is InChI=1S/C8H16O2S/c1-5-10-7(9)6-8(2,3)11-4/h5-6H2,1-4H3. The van der Waals surface area contributed by atoms with Crippen molar-refractivity contribution < 1.29 is 9.53 Å². The molecule has 3 heteroatoms. The van der Waals surface area contributed by atoms with E-state index in [1.54, 1.807) is 11.8 Å². The van der Waals surface area contributed by atoms with Crippen LogP contribution in [0.4, 0.5) is 0 Å². The quantitative estimate of drug-likeness (QED) is 0.613. The van der Waals surface area contributed by atoms with Crippen molar-refractivity contribution in [3.05, 3.63) is 0 Å². The molecule has 0 aliphatic rings. The predicted octanol–water partition coefficient (Wildman–Crippen LogP) is 2.08. The normalized spacial score (nSPS) is 11.3. The summed E-state index contributed by atoms with van der Waals surface area (Å²) in [7, 11) is 0. The number of carbonyl (C=O) groups is 1. The van der Waals surface area contributed by atoms with Gasteiger partial charge in [0, 0.05) is 4.75 Å². The van der Waals surface area contributed by atoms with Gasteiger partial charge in [-0.2, -0.15) is 11.8 Å². The predicted molar refractivity (Wildman–Crippen MR) is 48.8 cm³/mol. The molecule has 0 aromatic carbocycles. The zero-order valence-corrected chi connectivity index (χ0v) is 8.46. The van der Waals surface area contributed by atoms with E-state index >= 15 is 0 Å². The van der Waals surface area contributed by atoms with Crippen LogP contribution in [0, 0.1) is 0 Å². The lowest BCUT2D eigenvalue weighted by atomic mass is 10.1. The van der Waals surface area contributed by atoms with Gasteiger partial charge in [0.05, 0.1) is 13.0 Å². The summed E-state index contributed by atoms with van der Waals surface area (Å²) in [4.78, 5) is 11.0. The molecule has 0 fully saturated rings. The Morgan fingerprint density at radius 3 is 2.45 bits per heavy atom. The van der Waals surface area contributed by atoms with Crippen LogP contribution in [-0.4, -0.2) is 23.6 Å². The number of hydrogen-bond acceptors (Lipinski definition) is 3. The molecule has 2 nitrogen and oxygen atoms in total. The SMILES string of the molecule is CCOC(=O)CC(C)(C)SC. The van der Waals surface area contributed by atoms with Gasteiger partial charge in [0.2, 0.25) is 0 Å². The number of rotatable bonds is 4. The van der Waals surface area contributed by atoms with E-state index in [0.29, 0.717) is 13.0 Å². The summed E-state index contributed by atoms with van der Waals surface area (Å²) in [5.74, 6) is -0.105. The molecule has 0 aromatic heterocycles. The topological polar surface area (TPSA) is 26.3 Å². The van der Waals surface area contributed by atoms with Crippen molar-refractivity contribution in [2.75, 3.05) is 12.9 Å². The van der Waals surface area contributed by atoms with Crippen LogP contribution < -0.4 is 0 Å². The average Bonchev–Trinajstić information content (AvgIpc) is 1.87. The maximum Gasteiger partial charge on any atom is 0.307 e. The zero-order chi connectivity index (χ0) is 8.91. The van der Waals surface area contributed by atoms with E-state index < -0.39 is 0 Å². The maximum absolute atomic E-state index is 11.0. The van der Waals surface area contributed by atoms with Gasteiger partial charge in [0.25, 0.3) is 0 Å². The monoisotopic (exact) mass is 176 g/mol. The number of ether oxygens (including phenoxy) is 1. The minimum atomic E-state index is -0.105. The van der Waals surface area contributed by atoms with Crippen LogP contribution in [0.15, 0.2) is 0 Å². The third-order valence-corrected chi connectivity index (χ3v) is 2.68. The van der Waals surface area contributed by atoms with Crippen LogP contribution >= 0.6 is 11.8 Å². The minimum Gasteiger partial charge on any atom is -0.466 e. The van der Waals surface area contributed by atoms with Gasteiger partial charge in [-0.05, 0) is 13.2 Å². The minimum absolute atomic E-state index is 0.00620. The molecule has 0 heterocycles. The first kappa shape index (κ1) is 10.8. The fourth-order valence-electron chi connectivity index (χ4n) is 0.632. The van der Waals surface area contributed by atoms with Crippen molar-refractivity contribution in [2.24, 2.45) is 0 Å². The Labute approximate surface area is 72.7 Å². The number of esters is 1. The van der Waals surface area contributed by atoms with Crippen LogP contribution in [0.2, 0.25) is 0 Å². The number of hydrogen-bond donors (Lipinski definition) is 0. The number of carbonyl (C=O) groups excluding carboxylic acids is 1. The van der Waals surface area contributed by atoms with Crippen molar-refractivity contribution in [3.8, 4) is 0 Å². The molecule has 0 aliphatic carbocycles. The van der Waals surface area contributed by atoms with Crippen LogP contribution in [-0.2, 0) is 9.53 Å². The molecule has 11 heavy (non-hydrogen) atoms. The largest absolute Gasteiger partial charge is 0.466 e. The fourth-order valence-corrected chi connectivity index (χ4v) is 0.894. The van der Waals surface area contributed by atoms with Gasteiger partial charge in [0.15, 0.2) is 0 Å². The summed E-state index contributed by atoms with van der Waals surface area (Å²) in [5, 5.41) is 0. The Bertz CT molecular complexity index is 132. The lowest BCUT2D eigenvalue weighted by Gasteiger charge is -2.19. The molecular weight excluding hydrogens is 160 g/mol. The number of thioether (sulfide) groups is 1. The molecule has 0 aliphatic heterocycles. The molecule has 0 N–H and O–H groups in total. The Morgan fingerprint density at radius 1 is 1.55 bits per heavy atom. The van der Waals surface area contributed by atoms with E-state index in [0.717, 1.165) is 0 Å². The molecule has 0 rings (SSSR count).